The number of aromatic nitrogens is 1. The van der Waals surface area contributed by atoms with Crippen LogP contribution in [-0.4, -0.2) is 24.0 Å². The summed E-state index contributed by atoms with van der Waals surface area (Å²) in [6.45, 7) is 11.9. The molecule has 19 heavy (non-hydrogen) atoms. The molecular weight excluding hydrogens is 238 g/mol. The second-order valence-electron chi connectivity index (χ2n) is 5.34. The number of pyridine rings is 1. The summed E-state index contributed by atoms with van der Waals surface area (Å²) in [6.07, 6.45) is 0. The molecule has 0 aliphatic heterocycles. The van der Waals surface area contributed by atoms with Crippen LogP contribution in [0.4, 0.5) is 5.82 Å². The minimum absolute atomic E-state index is 0.0304. The first-order valence-electron chi connectivity index (χ1n) is 6.94. The Morgan fingerprint density at radius 3 is 2.58 bits per heavy atom. The molecule has 0 aliphatic rings. The van der Waals surface area contributed by atoms with Crippen molar-refractivity contribution >= 4 is 11.7 Å². The normalized spacial score (nSPS) is 12.3. The van der Waals surface area contributed by atoms with Crippen molar-refractivity contribution in [3.63, 3.8) is 0 Å². The summed E-state index contributed by atoms with van der Waals surface area (Å²) in [4.78, 5) is 16.5. The van der Waals surface area contributed by atoms with Gasteiger partial charge in [-0.05, 0) is 37.8 Å². The fourth-order valence-electron chi connectivity index (χ4n) is 1.66. The molecule has 1 atom stereocenters. The van der Waals surface area contributed by atoms with Gasteiger partial charge in [0.15, 0.2) is 0 Å². The van der Waals surface area contributed by atoms with E-state index in [0.29, 0.717) is 23.9 Å². The zero-order valence-electron chi connectivity index (χ0n) is 12.6. The molecule has 0 saturated heterocycles. The Morgan fingerprint density at radius 2 is 2.00 bits per heavy atom. The molecule has 0 aromatic carbocycles. The van der Waals surface area contributed by atoms with Gasteiger partial charge in [-0.2, -0.15) is 0 Å². The average Bonchev–Trinajstić information content (AvgIpc) is 2.35. The SMILES string of the molecule is CCNc1cc(C(=O)NCC(C)C(C)C)cc(C)n1. The van der Waals surface area contributed by atoms with Crippen LogP contribution >= 0.6 is 0 Å². The van der Waals surface area contributed by atoms with Crippen LogP contribution in [0.15, 0.2) is 12.1 Å². The maximum atomic E-state index is 12.1. The Morgan fingerprint density at radius 1 is 1.32 bits per heavy atom. The van der Waals surface area contributed by atoms with E-state index in [2.05, 4.69) is 36.4 Å². The van der Waals surface area contributed by atoms with Gasteiger partial charge < -0.3 is 10.6 Å². The first-order valence-corrected chi connectivity index (χ1v) is 6.94. The second-order valence-corrected chi connectivity index (χ2v) is 5.34. The van der Waals surface area contributed by atoms with Gasteiger partial charge >= 0.3 is 0 Å². The van der Waals surface area contributed by atoms with Gasteiger partial charge in [-0.3, -0.25) is 4.79 Å². The first kappa shape index (κ1) is 15.5. The van der Waals surface area contributed by atoms with Gasteiger partial charge in [0, 0.05) is 24.3 Å². The Bertz CT molecular complexity index is 429. The highest BCUT2D eigenvalue weighted by Gasteiger charge is 2.11. The molecule has 0 spiro atoms. The fraction of sp³-hybridized carbons (Fsp3) is 0.600. The summed E-state index contributed by atoms with van der Waals surface area (Å²) in [7, 11) is 0. The number of nitrogens with zero attached hydrogens (tertiary/aromatic N) is 1. The summed E-state index contributed by atoms with van der Waals surface area (Å²) >= 11 is 0. The second kappa shape index (κ2) is 7.12. The average molecular weight is 263 g/mol. The largest absolute Gasteiger partial charge is 0.370 e. The monoisotopic (exact) mass is 263 g/mol. The summed E-state index contributed by atoms with van der Waals surface area (Å²) in [6, 6.07) is 3.61. The van der Waals surface area contributed by atoms with Crippen LogP contribution in [0.2, 0.25) is 0 Å². The Hall–Kier alpha value is -1.58. The van der Waals surface area contributed by atoms with Gasteiger partial charge in [0.05, 0.1) is 0 Å². The van der Waals surface area contributed by atoms with Gasteiger partial charge in [0.2, 0.25) is 0 Å². The van der Waals surface area contributed by atoms with Gasteiger partial charge in [-0.15, -0.1) is 0 Å². The standard InChI is InChI=1S/C15H25N3O/c1-6-16-14-8-13(7-12(5)18-14)15(19)17-9-11(4)10(2)3/h7-8,10-11H,6,9H2,1-5H3,(H,16,18)(H,17,19). The minimum atomic E-state index is -0.0304. The fourth-order valence-corrected chi connectivity index (χ4v) is 1.66. The van der Waals surface area contributed by atoms with Crippen LogP contribution in [0.3, 0.4) is 0 Å². The van der Waals surface area contributed by atoms with Crippen molar-refractivity contribution in [1.29, 1.82) is 0 Å². The number of carbonyl (C=O) groups is 1. The summed E-state index contributed by atoms with van der Waals surface area (Å²) in [5, 5.41) is 6.12. The van der Waals surface area contributed by atoms with E-state index in [1.165, 1.54) is 0 Å². The van der Waals surface area contributed by atoms with Crippen molar-refractivity contribution < 1.29 is 4.79 Å². The third-order valence-electron chi connectivity index (χ3n) is 3.30. The predicted molar refractivity (Wildman–Crippen MR) is 79.5 cm³/mol. The predicted octanol–water partition coefficient (Wildman–Crippen LogP) is 2.84. The number of rotatable bonds is 6. The van der Waals surface area contributed by atoms with E-state index >= 15 is 0 Å². The highest BCUT2D eigenvalue weighted by atomic mass is 16.1. The van der Waals surface area contributed by atoms with Crippen LogP contribution in [0.5, 0.6) is 0 Å². The van der Waals surface area contributed by atoms with Crippen molar-refractivity contribution in [2.75, 3.05) is 18.4 Å². The lowest BCUT2D eigenvalue weighted by Crippen LogP contribution is -2.30. The van der Waals surface area contributed by atoms with Crippen molar-refractivity contribution in [3.8, 4) is 0 Å². The molecule has 1 amide bonds. The number of hydrogen-bond donors (Lipinski definition) is 2. The highest BCUT2D eigenvalue weighted by molar-refractivity contribution is 5.95. The lowest BCUT2D eigenvalue weighted by atomic mass is 9.98. The molecule has 1 unspecified atom stereocenters. The number of carbonyl (C=O) groups excluding carboxylic acids is 1. The number of nitrogens with one attached hydrogen (secondary N) is 2. The molecule has 2 N–H and O–H groups in total. The molecule has 106 valence electrons. The molecule has 4 nitrogen and oxygen atoms in total. The minimum Gasteiger partial charge on any atom is -0.370 e. The molecule has 0 fully saturated rings. The summed E-state index contributed by atoms with van der Waals surface area (Å²) in [5.74, 6) is 1.76. The van der Waals surface area contributed by atoms with E-state index < -0.39 is 0 Å². The number of aryl methyl sites for hydroxylation is 1. The van der Waals surface area contributed by atoms with E-state index in [4.69, 9.17) is 0 Å². The zero-order valence-corrected chi connectivity index (χ0v) is 12.6. The van der Waals surface area contributed by atoms with Gasteiger partial charge in [-0.25, -0.2) is 4.98 Å². The molecule has 0 saturated carbocycles. The number of hydrogen-bond acceptors (Lipinski definition) is 3. The molecule has 0 bridgehead atoms. The van der Waals surface area contributed by atoms with E-state index in [-0.39, 0.29) is 5.91 Å². The molecule has 1 aromatic rings. The van der Waals surface area contributed by atoms with Crippen LogP contribution < -0.4 is 10.6 Å². The third-order valence-corrected chi connectivity index (χ3v) is 3.30. The van der Waals surface area contributed by atoms with E-state index in [1.807, 2.05) is 19.9 Å². The van der Waals surface area contributed by atoms with E-state index in [0.717, 1.165) is 18.1 Å². The molecule has 0 radical (unpaired) electrons. The molecule has 1 heterocycles. The van der Waals surface area contributed by atoms with Crippen LogP contribution in [0.1, 0.15) is 43.7 Å². The first-order chi connectivity index (χ1) is 8.93. The number of anilines is 1. The van der Waals surface area contributed by atoms with E-state index in [1.54, 1.807) is 6.07 Å². The topological polar surface area (TPSA) is 54.0 Å². The Labute approximate surface area is 116 Å². The van der Waals surface area contributed by atoms with Crippen LogP contribution in [0, 0.1) is 18.8 Å². The molecule has 0 aliphatic carbocycles. The summed E-state index contributed by atoms with van der Waals surface area (Å²) < 4.78 is 0. The maximum absolute atomic E-state index is 12.1. The maximum Gasteiger partial charge on any atom is 0.251 e. The number of amides is 1. The lowest BCUT2D eigenvalue weighted by molar-refractivity contribution is 0.0944. The summed E-state index contributed by atoms with van der Waals surface area (Å²) in [5.41, 5.74) is 1.51. The molecule has 1 aromatic heterocycles. The quantitative estimate of drug-likeness (QED) is 0.829. The molecule has 4 heteroatoms. The highest BCUT2D eigenvalue weighted by Crippen LogP contribution is 2.11. The Kier molecular flexibility index (Phi) is 5.80. The van der Waals surface area contributed by atoms with Gasteiger partial charge in [-0.1, -0.05) is 20.8 Å². The van der Waals surface area contributed by atoms with Crippen LogP contribution in [0.25, 0.3) is 0 Å². The van der Waals surface area contributed by atoms with Crippen molar-refractivity contribution in [2.24, 2.45) is 11.8 Å². The van der Waals surface area contributed by atoms with Crippen LogP contribution in [-0.2, 0) is 0 Å². The molecule has 1 rings (SSSR count). The van der Waals surface area contributed by atoms with Crippen molar-refractivity contribution in [1.82, 2.24) is 10.3 Å². The van der Waals surface area contributed by atoms with Gasteiger partial charge in [0.1, 0.15) is 5.82 Å². The smallest absolute Gasteiger partial charge is 0.251 e. The zero-order chi connectivity index (χ0) is 14.4. The van der Waals surface area contributed by atoms with Crippen molar-refractivity contribution in [2.45, 2.75) is 34.6 Å². The third kappa shape index (κ3) is 4.89. The molecular formula is C15H25N3O. The Balaban J connectivity index is 2.71. The lowest BCUT2D eigenvalue weighted by Gasteiger charge is -2.16. The van der Waals surface area contributed by atoms with Crippen molar-refractivity contribution in [3.05, 3.63) is 23.4 Å². The van der Waals surface area contributed by atoms with E-state index in [9.17, 15) is 4.79 Å². The van der Waals surface area contributed by atoms with Gasteiger partial charge in [0.25, 0.3) is 5.91 Å².